The van der Waals surface area contributed by atoms with Crippen molar-refractivity contribution in [1.29, 1.82) is 0 Å². The summed E-state index contributed by atoms with van der Waals surface area (Å²) in [6.07, 6.45) is 3.76. The molecule has 7 heteroatoms. The predicted octanol–water partition coefficient (Wildman–Crippen LogP) is 3.10. The normalized spacial score (nSPS) is 21.3. The molecule has 1 saturated carbocycles. The number of fused-ring (bicyclic) bond motifs is 1. The zero-order chi connectivity index (χ0) is 14.8. The fourth-order valence-corrected chi connectivity index (χ4v) is 3.10. The van der Waals surface area contributed by atoms with E-state index >= 15 is 0 Å². The van der Waals surface area contributed by atoms with Gasteiger partial charge in [-0.25, -0.2) is 4.98 Å². The van der Waals surface area contributed by atoms with Gasteiger partial charge >= 0.3 is 0 Å². The molecule has 5 nitrogen and oxygen atoms in total. The zero-order valence-corrected chi connectivity index (χ0v) is 14.8. The van der Waals surface area contributed by atoms with Gasteiger partial charge < -0.3 is 16.0 Å². The Hall–Kier alpha value is -1.30. The Morgan fingerprint density at radius 3 is 2.78 bits per heavy atom. The number of aromatic nitrogens is 2. The molecule has 0 saturated heterocycles. The number of nitrogens with two attached hydrogens (primary N) is 1. The lowest BCUT2D eigenvalue weighted by Gasteiger charge is -2.17. The van der Waals surface area contributed by atoms with Crippen LogP contribution in [0.1, 0.15) is 44.5 Å². The molecule has 2 aromatic rings. The van der Waals surface area contributed by atoms with Crippen LogP contribution in [0.15, 0.2) is 24.3 Å². The highest BCUT2D eigenvalue weighted by Crippen LogP contribution is 2.27. The standard InChI is InChI=1S/C16H22N4O.2ClH/c1-10(16-19-13-7-2-3-8-14(13)20-16)18-15(21)9-11-5-4-6-12(11)17;;/h2-3,7-8,10-12H,4-6,9,17H2,1H3,(H,18,21)(H,19,20);2*1H/t10?,11-,12+;;/m0../s1. The number of aromatic amines is 1. The van der Waals surface area contributed by atoms with Crippen LogP contribution in [0, 0.1) is 5.92 Å². The molecular formula is C16H24Cl2N4O. The third-order valence-electron chi connectivity index (χ3n) is 4.36. The van der Waals surface area contributed by atoms with E-state index in [1.54, 1.807) is 0 Å². The van der Waals surface area contributed by atoms with E-state index in [0.717, 1.165) is 36.1 Å². The van der Waals surface area contributed by atoms with Gasteiger partial charge in [0.1, 0.15) is 5.82 Å². The summed E-state index contributed by atoms with van der Waals surface area (Å²) in [5.41, 5.74) is 7.94. The number of hydrogen-bond donors (Lipinski definition) is 3. The van der Waals surface area contributed by atoms with Crippen LogP contribution in [0.25, 0.3) is 11.0 Å². The summed E-state index contributed by atoms with van der Waals surface area (Å²) < 4.78 is 0. The molecule has 1 aromatic carbocycles. The van der Waals surface area contributed by atoms with Crippen molar-refractivity contribution in [2.24, 2.45) is 11.7 Å². The van der Waals surface area contributed by atoms with Gasteiger partial charge in [-0.2, -0.15) is 0 Å². The molecule has 1 amide bonds. The van der Waals surface area contributed by atoms with Crippen molar-refractivity contribution < 1.29 is 4.79 Å². The summed E-state index contributed by atoms with van der Waals surface area (Å²) in [4.78, 5) is 19.9. The van der Waals surface area contributed by atoms with Crippen LogP contribution < -0.4 is 11.1 Å². The molecule has 3 atom stereocenters. The minimum Gasteiger partial charge on any atom is -0.346 e. The van der Waals surface area contributed by atoms with Gasteiger partial charge in [0.05, 0.1) is 17.1 Å². The monoisotopic (exact) mass is 358 g/mol. The lowest BCUT2D eigenvalue weighted by atomic mass is 10.00. The highest BCUT2D eigenvalue weighted by Gasteiger charge is 2.26. The first-order valence-corrected chi connectivity index (χ1v) is 7.63. The average molecular weight is 359 g/mol. The zero-order valence-electron chi connectivity index (χ0n) is 13.1. The highest BCUT2D eigenvalue weighted by atomic mass is 35.5. The second-order valence-electron chi connectivity index (χ2n) is 5.99. The molecule has 1 aliphatic carbocycles. The van der Waals surface area contributed by atoms with Crippen LogP contribution in [0.4, 0.5) is 0 Å². The van der Waals surface area contributed by atoms with Gasteiger partial charge in [-0.15, -0.1) is 24.8 Å². The van der Waals surface area contributed by atoms with E-state index in [-0.39, 0.29) is 42.8 Å². The van der Waals surface area contributed by atoms with E-state index in [0.29, 0.717) is 12.3 Å². The Bertz CT molecular complexity index is 613. The third kappa shape index (κ3) is 4.59. The summed E-state index contributed by atoms with van der Waals surface area (Å²) in [6, 6.07) is 7.92. The number of rotatable bonds is 4. The molecule has 0 radical (unpaired) electrons. The molecule has 1 aliphatic rings. The number of halogens is 2. The van der Waals surface area contributed by atoms with Crippen LogP contribution in [-0.2, 0) is 4.79 Å². The molecule has 0 bridgehead atoms. The minimum absolute atomic E-state index is 0. The molecule has 3 rings (SSSR count). The Balaban J connectivity index is 0.00000132. The number of H-pyrrole nitrogens is 1. The quantitative estimate of drug-likeness (QED) is 0.784. The molecule has 128 valence electrons. The van der Waals surface area contributed by atoms with Crippen molar-refractivity contribution in [2.45, 2.75) is 44.7 Å². The summed E-state index contributed by atoms with van der Waals surface area (Å²) in [7, 11) is 0. The van der Waals surface area contributed by atoms with E-state index in [9.17, 15) is 4.79 Å². The number of carbonyl (C=O) groups is 1. The number of nitrogens with one attached hydrogen (secondary N) is 2. The largest absolute Gasteiger partial charge is 0.346 e. The van der Waals surface area contributed by atoms with E-state index in [4.69, 9.17) is 5.73 Å². The van der Waals surface area contributed by atoms with Gasteiger partial charge in [-0.3, -0.25) is 4.79 Å². The van der Waals surface area contributed by atoms with Gasteiger partial charge in [0.15, 0.2) is 0 Å². The average Bonchev–Trinajstić information content (AvgIpc) is 3.05. The van der Waals surface area contributed by atoms with Crippen LogP contribution in [0.3, 0.4) is 0 Å². The fraction of sp³-hybridized carbons (Fsp3) is 0.500. The van der Waals surface area contributed by atoms with E-state index in [1.807, 2.05) is 31.2 Å². The van der Waals surface area contributed by atoms with Crippen LogP contribution in [-0.4, -0.2) is 21.9 Å². The molecular weight excluding hydrogens is 335 g/mol. The number of benzene rings is 1. The molecule has 1 aromatic heterocycles. The molecule has 1 fully saturated rings. The van der Waals surface area contributed by atoms with Crippen molar-refractivity contribution >= 4 is 41.8 Å². The number of para-hydroxylation sites is 2. The number of hydrogen-bond acceptors (Lipinski definition) is 3. The highest BCUT2D eigenvalue weighted by molar-refractivity contribution is 5.85. The number of carbonyl (C=O) groups excluding carboxylic acids is 1. The van der Waals surface area contributed by atoms with Gasteiger partial charge in [0.2, 0.25) is 5.91 Å². The second-order valence-corrected chi connectivity index (χ2v) is 5.99. The molecule has 1 heterocycles. The van der Waals surface area contributed by atoms with Crippen LogP contribution in [0.2, 0.25) is 0 Å². The van der Waals surface area contributed by atoms with Crippen LogP contribution in [0.5, 0.6) is 0 Å². The van der Waals surface area contributed by atoms with Crippen molar-refractivity contribution in [3.63, 3.8) is 0 Å². The maximum absolute atomic E-state index is 12.1. The Kier molecular flexibility index (Phi) is 7.32. The predicted molar refractivity (Wildman–Crippen MR) is 97.1 cm³/mol. The number of imidazole rings is 1. The van der Waals surface area contributed by atoms with Crippen molar-refractivity contribution in [2.75, 3.05) is 0 Å². The third-order valence-corrected chi connectivity index (χ3v) is 4.36. The molecule has 4 N–H and O–H groups in total. The summed E-state index contributed by atoms with van der Waals surface area (Å²) in [6.45, 7) is 1.95. The Morgan fingerprint density at radius 2 is 2.13 bits per heavy atom. The van der Waals surface area contributed by atoms with E-state index < -0.39 is 0 Å². The van der Waals surface area contributed by atoms with E-state index in [2.05, 4.69) is 15.3 Å². The first-order valence-electron chi connectivity index (χ1n) is 7.63. The van der Waals surface area contributed by atoms with Crippen molar-refractivity contribution in [3.8, 4) is 0 Å². The number of nitrogens with zero attached hydrogens (tertiary/aromatic N) is 1. The Morgan fingerprint density at radius 1 is 1.39 bits per heavy atom. The lowest BCUT2D eigenvalue weighted by Crippen LogP contribution is -2.33. The topological polar surface area (TPSA) is 83.8 Å². The number of amides is 1. The minimum atomic E-state index is -0.123. The molecule has 23 heavy (non-hydrogen) atoms. The smallest absolute Gasteiger partial charge is 0.220 e. The first-order chi connectivity index (χ1) is 10.1. The van der Waals surface area contributed by atoms with Crippen molar-refractivity contribution in [3.05, 3.63) is 30.1 Å². The van der Waals surface area contributed by atoms with Gasteiger partial charge in [-0.05, 0) is 37.8 Å². The molecule has 1 unspecified atom stereocenters. The fourth-order valence-electron chi connectivity index (χ4n) is 3.10. The van der Waals surface area contributed by atoms with E-state index in [1.165, 1.54) is 0 Å². The Labute approximate surface area is 148 Å². The molecule has 0 aliphatic heterocycles. The second kappa shape index (κ2) is 8.52. The van der Waals surface area contributed by atoms with Crippen molar-refractivity contribution in [1.82, 2.24) is 15.3 Å². The van der Waals surface area contributed by atoms with Gasteiger partial charge in [-0.1, -0.05) is 18.6 Å². The summed E-state index contributed by atoms with van der Waals surface area (Å²) >= 11 is 0. The first kappa shape index (κ1) is 19.7. The summed E-state index contributed by atoms with van der Waals surface area (Å²) in [5, 5.41) is 3.02. The maximum atomic E-state index is 12.1. The van der Waals surface area contributed by atoms with Gasteiger partial charge in [0.25, 0.3) is 0 Å². The van der Waals surface area contributed by atoms with Crippen LogP contribution >= 0.6 is 24.8 Å². The molecule has 0 spiro atoms. The SMILES string of the molecule is CC(NC(=O)C[C@@H]1CCC[C@H]1N)c1nc2ccccc2[nH]1.Cl.Cl. The summed E-state index contributed by atoms with van der Waals surface area (Å²) in [5.74, 6) is 1.18. The lowest BCUT2D eigenvalue weighted by molar-refractivity contribution is -0.122. The maximum Gasteiger partial charge on any atom is 0.220 e. The van der Waals surface area contributed by atoms with Gasteiger partial charge in [0, 0.05) is 12.5 Å².